The molecule has 0 radical (unpaired) electrons. The highest BCUT2D eigenvalue weighted by Crippen LogP contribution is 2.39. The lowest BCUT2D eigenvalue weighted by Gasteiger charge is -2.07. The Morgan fingerprint density at radius 2 is 2.04 bits per heavy atom. The van der Waals surface area contributed by atoms with E-state index in [0.29, 0.717) is 11.8 Å². The van der Waals surface area contributed by atoms with Gasteiger partial charge in [0.25, 0.3) is 5.56 Å². The Bertz CT molecular complexity index is 1170. The number of H-pyrrole nitrogens is 1. The van der Waals surface area contributed by atoms with E-state index < -0.39 is 21.4 Å². The number of benzene rings is 1. The number of pyridine rings is 1. The van der Waals surface area contributed by atoms with Crippen LogP contribution in [0.3, 0.4) is 0 Å². The van der Waals surface area contributed by atoms with Gasteiger partial charge in [-0.2, -0.15) is 0 Å². The van der Waals surface area contributed by atoms with Gasteiger partial charge in [0.1, 0.15) is 10.0 Å². The molecule has 0 aliphatic heterocycles. The van der Waals surface area contributed by atoms with Gasteiger partial charge in [-0.05, 0) is 60.9 Å². The first kappa shape index (κ1) is 18.3. The molecule has 8 heteroatoms. The molecule has 1 saturated carbocycles. The summed E-state index contributed by atoms with van der Waals surface area (Å²) in [5.74, 6) is -0.978. The normalized spacial score (nSPS) is 20.4. The first-order valence-corrected chi connectivity index (χ1v) is 11.1. The predicted octanol–water partition coefficient (Wildman–Crippen LogP) is 3.33. The van der Waals surface area contributed by atoms with Crippen LogP contribution in [0.1, 0.15) is 35.6 Å². The number of aliphatic hydroxyl groups excluding tert-OH is 1. The van der Waals surface area contributed by atoms with Crippen molar-refractivity contribution in [3.63, 3.8) is 0 Å². The topological polar surface area (TPSA) is 87.2 Å². The molecule has 2 N–H and O–H groups in total. The Morgan fingerprint density at radius 3 is 2.78 bits per heavy atom. The van der Waals surface area contributed by atoms with Crippen LogP contribution in [0, 0.1) is 5.82 Å². The first-order valence-electron chi connectivity index (χ1n) is 8.64. The van der Waals surface area contributed by atoms with Crippen molar-refractivity contribution in [2.75, 3.05) is 0 Å². The third kappa shape index (κ3) is 3.56. The summed E-state index contributed by atoms with van der Waals surface area (Å²) >= 11 is 1.18. The van der Waals surface area contributed by atoms with Crippen LogP contribution in [-0.4, -0.2) is 24.6 Å². The van der Waals surface area contributed by atoms with Gasteiger partial charge in [-0.25, -0.2) is 12.8 Å². The number of aromatic amines is 1. The highest BCUT2D eigenvalue weighted by molar-refractivity contribution is 7.92. The summed E-state index contributed by atoms with van der Waals surface area (Å²) in [4.78, 5) is 15.3. The Hall–Kier alpha value is -2.03. The van der Waals surface area contributed by atoms with Crippen LogP contribution >= 0.6 is 11.3 Å². The zero-order valence-electron chi connectivity index (χ0n) is 14.3. The van der Waals surface area contributed by atoms with E-state index in [9.17, 15) is 22.7 Å². The van der Waals surface area contributed by atoms with Crippen molar-refractivity contribution in [2.45, 2.75) is 41.2 Å². The quantitative estimate of drug-likeness (QED) is 0.695. The zero-order valence-corrected chi connectivity index (χ0v) is 15.9. The number of nitrogens with one attached hydrogen (secondary N) is 1. The van der Waals surface area contributed by atoms with E-state index in [0.717, 1.165) is 17.7 Å². The van der Waals surface area contributed by atoms with E-state index in [-0.39, 0.29) is 32.7 Å². The minimum atomic E-state index is -3.74. The average Bonchev–Trinajstić information content (AvgIpc) is 3.25. The van der Waals surface area contributed by atoms with E-state index in [1.807, 2.05) is 0 Å². The summed E-state index contributed by atoms with van der Waals surface area (Å²) in [5.41, 5.74) is -0.408. The fraction of sp³-hybridized carbons (Fsp3) is 0.316. The van der Waals surface area contributed by atoms with Crippen molar-refractivity contribution in [2.24, 2.45) is 0 Å². The number of sulfone groups is 1. The Labute approximate surface area is 159 Å². The number of rotatable bonds is 4. The number of hydrogen-bond donors (Lipinski definition) is 2. The van der Waals surface area contributed by atoms with E-state index in [1.165, 1.54) is 29.7 Å². The average molecular weight is 407 g/mol. The number of halogens is 1. The maximum atomic E-state index is 14.4. The van der Waals surface area contributed by atoms with Crippen molar-refractivity contribution in [3.05, 3.63) is 63.1 Å². The second-order valence-corrected chi connectivity index (χ2v) is 10.2. The molecule has 1 aromatic carbocycles. The van der Waals surface area contributed by atoms with E-state index in [1.54, 1.807) is 18.2 Å². The molecule has 3 aromatic rings. The molecule has 2 aromatic heterocycles. The molecule has 0 bridgehead atoms. The minimum absolute atomic E-state index is 0.0227. The lowest BCUT2D eigenvalue weighted by molar-refractivity contribution is 0.181. The molecule has 4 rings (SSSR count). The summed E-state index contributed by atoms with van der Waals surface area (Å²) in [6.07, 6.45) is 3.29. The lowest BCUT2D eigenvalue weighted by Crippen LogP contribution is -2.09. The molecule has 0 saturated heterocycles. The van der Waals surface area contributed by atoms with Crippen LogP contribution in [0.25, 0.3) is 10.8 Å². The van der Waals surface area contributed by atoms with Gasteiger partial charge in [0, 0.05) is 22.0 Å². The predicted molar refractivity (Wildman–Crippen MR) is 102 cm³/mol. The van der Waals surface area contributed by atoms with Gasteiger partial charge in [-0.1, -0.05) is 0 Å². The van der Waals surface area contributed by atoms with E-state index in [4.69, 9.17) is 0 Å². The third-order valence-corrected chi connectivity index (χ3v) is 8.50. The summed E-state index contributed by atoms with van der Waals surface area (Å²) < 4.78 is 40.1. The fourth-order valence-electron chi connectivity index (χ4n) is 3.58. The second-order valence-electron chi connectivity index (χ2n) is 6.92. The Balaban J connectivity index is 1.65. The first-order chi connectivity index (χ1) is 12.8. The lowest BCUT2D eigenvalue weighted by atomic mass is 10.1. The van der Waals surface area contributed by atoms with Crippen LogP contribution in [0.4, 0.5) is 4.39 Å². The second kappa shape index (κ2) is 6.85. The molecule has 1 aliphatic rings. The minimum Gasteiger partial charge on any atom is -0.393 e. The zero-order chi connectivity index (χ0) is 19.2. The van der Waals surface area contributed by atoms with E-state index in [2.05, 4.69) is 4.98 Å². The molecule has 0 unspecified atom stereocenters. The summed E-state index contributed by atoms with van der Waals surface area (Å²) in [6.45, 7) is 0. The van der Waals surface area contributed by atoms with Gasteiger partial charge < -0.3 is 10.1 Å². The van der Waals surface area contributed by atoms with Crippen molar-refractivity contribution in [1.29, 1.82) is 0 Å². The molecule has 0 amide bonds. The van der Waals surface area contributed by atoms with Crippen molar-refractivity contribution < 1.29 is 17.9 Å². The van der Waals surface area contributed by atoms with Gasteiger partial charge in [0.15, 0.2) is 9.84 Å². The largest absolute Gasteiger partial charge is 0.393 e. The van der Waals surface area contributed by atoms with Crippen molar-refractivity contribution >= 4 is 31.9 Å². The Kier molecular flexibility index (Phi) is 4.65. The highest BCUT2D eigenvalue weighted by Gasteiger charge is 2.27. The van der Waals surface area contributed by atoms with E-state index >= 15 is 0 Å². The molecular weight excluding hydrogens is 389 g/mol. The molecular formula is C19H18FNO4S2. The van der Waals surface area contributed by atoms with Gasteiger partial charge in [-0.15, -0.1) is 11.3 Å². The van der Waals surface area contributed by atoms with Gasteiger partial charge in [0.05, 0.1) is 11.9 Å². The fourth-order valence-corrected chi connectivity index (χ4v) is 6.48. The summed E-state index contributed by atoms with van der Waals surface area (Å²) in [7, 11) is -3.74. The van der Waals surface area contributed by atoms with Crippen LogP contribution < -0.4 is 5.56 Å². The van der Waals surface area contributed by atoms with Crippen LogP contribution in [0.15, 0.2) is 45.5 Å². The number of fused-ring (bicyclic) bond motifs is 1. The third-order valence-electron chi connectivity index (χ3n) is 5.00. The molecule has 27 heavy (non-hydrogen) atoms. The number of thiophene rings is 1. The van der Waals surface area contributed by atoms with Gasteiger partial charge in [0.2, 0.25) is 0 Å². The number of aliphatic hydroxyl groups is 1. The van der Waals surface area contributed by atoms with Crippen molar-refractivity contribution in [1.82, 2.24) is 4.98 Å². The van der Waals surface area contributed by atoms with Gasteiger partial charge >= 0.3 is 0 Å². The standard InChI is InChI=1S/C19H18FNO4S2/c20-16-9-11-5-6-21-19(23)15(11)8-13(16)10-27(24,25)18-4-3-17(26-18)12-1-2-14(22)7-12/h3-6,8-9,12,14,22H,1-2,7,10H2,(H,21,23)/t12-,14-/m0/s1. The molecule has 142 valence electrons. The molecule has 5 nitrogen and oxygen atoms in total. The molecule has 2 heterocycles. The maximum absolute atomic E-state index is 14.4. The molecule has 0 spiro atoms. The molecule has 2 atom stereocenters. The van der Waals surface area contributed by atoms with Crippen LogP contribution in [0.2, 0.25) is 0 Å². The summed E-state index contributed by atoms with van der Waals surface area (Å²) in [6, 6.07) is 7.39. The Morgan fingerprint density at radius 1 is 1.22 bits per heavy atom. The molecule has 1 fully saturated rings. The van der Waals surface area contributed by atoms with Crippen molar-refractivity contribution in [3.8, 4) is 0 Å². The number of hydrogen-bond acceptors (Lipinski definition) is 5. The smallest absolute Gasteiger partial charge is 0.255 e. The monoisotopic (exact) mass is 407 g/mol. The summed E-state index contributed by atoms with van der Waals surface area (Å²) in [5, 5.41) is 10.4. The SMILES string of the molecule is O=c1[nH]ccc2cc(F)c(CS(=O)(=O)c3ccc([C@H]4CC[C@H](O)C4)s3)cc12. The molecule has 1 aliphatic carbocycles. The highest BCUT2D eigenvalue weighted by atomic mass is 32.2. The number of aromatic nitrogens is 1. The maximum Gasteiger partial charge on any atom is 0.255 e. The van der Waals surface area contributed by atoms with Crippen LogP contribution in [-0.2, 0) is 15.6 Å². The van der Waals surface area contributed by atoms with Crippen LogP contribution in [0.5, 0.6) is 0 Å². The van der Waals surface area contributed by atoms with Gasteiger partial charge in [-0.3, -0.25) is 4.79 Å².